The van der Waals surface area contributed by atoms with Gasteiger partial charge < -0.3 is 5.32 Å². The van der Waals surface area contributed by atoms with Crippen LogP contribution in [0.25, 0.3) is 5.69 Å². The van der Waals surface area contributed by atoms with E-state index in [0.717, 1.165) is 31.0 Å². The van der Waals surface area contributed by atoms with E-state index in [1.54, 1.807) is 0 Å². The monoisotopic (exact) mass is 306 g/mol. The van der Waals surface area contributed by atoms with E-state index in [9.17, 15) is 0 Å². The van der Waals surface area contributed by atoms with Crippen molar-refractivity contribution in [2.45, 2.75) is 32.5 Å². The van der Waals surface area contributed by atoms with Crippen LogP contribution >= 0.6 is 12.4 Å². The third-order valence-electron chi connectivity index (χ3n) is 3.68. The van der Waals surface area contributed by atoms with Crippen molar-refractivity contribution < 1.29 is 0 Å². The highest BCUT2D eigenvalue weighted by Gasteiger charge is 2.21. The van der Waals surface area contributed by atoms with Crippen molar-refractivity contribution in [3.05, 3.63) is 48.3 Å². The third-order valence-corrected chi connectivity index (χ3v) is 3.68. The molecule has 2 heterocycles. The minimum Gasteiger partial charge on any atom is -0.309 e. The number of piperazine rings is 1. The van der Waals surface area contributed by atoms with E-state index in [0.29, 0.717) is 12.1 Å². The molecule has 4 nitrogen and oxygen atoms in total. The van der Waals surface area contributed by atoms with E-state index in [2.05, 4.69) is 47.4 Å². The average molecular weight is 307 g/mol. The van der Waals surface area contributed by atoms with E-state index >= 15 is 0 Å². The molecule has 0 amide bonds. The van der Waals surface area contributed by atoms with Crippen LogP contribution in [0, 0.1) is 0 Å². The second kappa shape index (κ2) is 7.07. The van der Waals surface area contributed by atoms with Gasteiger partial charge in [0.05, 0.1) is 11.4 Å². The van der Waals surface area contributed by atoms with Gasteiger partial charge in [0.25, 0.3) is 0 Å². The zero-order valence-electron chi connectivity index (χ0n) is 12.6. The van der Waals surface area contributed by atoms with Crippen molar-refractivity contribution in [3.63, 3.8) is 0 Å². The normalized spacial score (nSPS) is 22.8. The first kappa shape index (κ1) is 16.0. The smallest absolute Gasteiger partial charge is 0.0769 e. The molecule has 1 saturated heterocycles. The summed E-state index contributed by atoms with van der Waals surface area (Å²) in [5, 5.41) is 8.24. The fraction of sp³-hybridized carbons (Fsp3) is 0.438. The lowest BCUT2D eigenvalue weighted by molar-refractivity contribution is 0.165. The number of hydrogen-bond acceptors (Lipinski definition) is 3. The molecule has 2 unspecified atom stereocenters. The van der Waals surface area contributed by atoms with Gasteiger partial charge in [0.1, 0.15) is 0 Å². The molecule has 21 heavy (non-hydrogen) atoms. The van der Waals surface area contributed by atoms with Crippen molar-refractivity contribution in [2.24, 2.45) is 0 Å². The molecular formula is C16H23ClN4. The summed E-state index contributed by atoms with van der Waals surface area (Å²) in [7, 11) is 0. The van der Waals surface area contributed by atoms with Gasteiger partial charge in [0, 0.05) is 37.9 Å². The molecule has 0 aliphatic carbocycles. The Morgan fingerprint density at radius 2 is 1.76 bits per heavy atom. The summed E-state index contributed by atoms with van der Waals surface area (Å²) in [5.74, 6) is 0. The fourth-order valence-corrected chi connectivity index (χ4v) is 2.97. The highest BCUT2D eigenvalue weighted by molar-refractivity contribution is 5.85. The van der Waals surface area contributed by atoms with Crippen LogP contribution in [0.15, 0.2) is 42.6 Å². The molecule has 1 N–H and O–H groups in total. The van der Waals surface area contributed by atoms with Crippen molar-refractivity contribution in [3.8, 4) is 5.69 Å². The van der Waals surface area contributed by atoms with Crippen molar-refractivity contribution in [1.29, 1.82) is 0 Å². The summed E-state index contributed by atoms with van der Waals surface area (Å²) in [4.78, 5) is 2.48. The van der Waals surface area contributed by atoms with Crippen LogP contribution in [-0.2, 0) is 6.54 Å². The number of nitrogens with one attached hydrogen (secondary N) is 1. The Bertz CT molecular complexity index is 544. The number of para-hydroxylation sites is 1. The molecule has 1 fully saturated rings. The second-order valence-electron chi connectivity index (χ2n) is 5.75. The standard InChI is InChI=1S/C16H22N4.ClH/c1-13-10-19(11-14(2)17-13)12-15-8-9-20(18-15)16-6-4-3-5-7-16;/h3-9,13-14,17H,10-12H2,1-2H3;1H. The van der Waals surface area contributed by atoms with Crippen LogP contribution in [0.4, 0.5) is 0 Å². The van der Waals surface area contributed by atoms with Gasteiger partial charge in [0.15, 0.2) is 0 Å². The maximum Gasteiger partial charge on any atom is 0.0769 e. The maximum absolute atomic E-state index is 4.68. The molecule has 3 rings (SSSR count). The predicted octanol–water partition coefficient (Wildman–Crippen LogP) is 2.48. The Labute approximate surface area is 132 Å². The summed E-state index contributed by atoms with van der Waals surface area (Å²) in [6, 6.07) is 13.5. The van der Waals surface area contributed by atoms with Gasteiger partial charge in [-0.25, -0.2) is 4.68 Å². The Morgan fingerprint density at radius 3 is 2.43 bits per heavy atom. The van der Waals surface area contributed by atoms with Crippen molar-refractivity contribution in [2.75, 3.05) is 13.1 Å². The number of nitrogens with zero attached hydrogens (tertiary/aromatic N) is 3. The average Bonchev–Trinajstić information content (AvgIpc) is 2.87. The molecule has 1 aliphatic rings. The van der Waals surface area contributed by atoms with E-state index in [-0.39, 0.29) is 12.4 Å². The van der Waals surface area contributed by atoms with Gasteiger partial charge in [-0.2, -0.15) is 5.10 Å². The molecular weight excluding hydrogens is 284 g/mol. The Morgan fingerprint density at radius 1 is 1.10 bits per heavy atom. The van der Waals surface area contributed by atoms with Crippen LogP contribution < -0.4 is 5.32 Å². The lowest BCUT2D eigenvalue weighted by Gasteiger charge is -2.35. The summed E-state index contributed by atoms with van der Waals surface area (Å²) in [6.45, 7) is 7.58. The van der Waals surface area contributed by atoms with Crippen LogP contribution in [0.3, 0.4) is 0 Å². The quantitative estimate of drug-likeness (QED) is 0.946. The SMILES string of the molecule is CC1CN(Cc2ccn(-c3ccccc3)n2)CC(C)N1.Cl. The van der Waals surface area contributed by atoms with Crippen LogP contribution in [0.2, 0.25) is 0 Å². The number of rotatable bonds is 3. The van der Waals surface area contributed by atoms with E-state index in [4.69, 9.17) is 0 Å². The van der Waals surface area contributed by atoms with Crippen molar-refractivity contribution >= 4 is 12.4 Å². The number of benzene rings is 1. The summed E-state index contributed by atoms with van der Waals surface area (Å²) in [6.07, 6.45) is 2.04. The first-order valence-corrected chi connectivity index (χ1v) is 7.29. The summed E-state index contributed by atoms with van der Waals surface area (Å²) >= 11 is 0. The van der Waals surface area contributed by atoms with Gasteiger partial charge in [-0.05, 0) is 32.0 Å². The molecule has 0 bridgehead atoms. The van der Waals surface area contributed by atoms with Gasteiger partial charge in [0.2, 0.25) is 0 Å². The van der Waals surface area contributed by atoms with Gasteiger partial charge in [-0.1, -0.05) is 18.2 Å². The van der Waals surface area contributed by atoms with Crippen LogP contribution in [0.5, 0.6) is 0 Å². The molecule has 1 aromatic heterocycles. The lowest BCUT2D eigenvalue weighted by atomic mass is 10.1. The van der Waals surface area contributed by atoms with E-state index in [1.165, 1.54) is 0 Å². The molecule has 1 aliphatic heterocycles. The van der Waals surface area contributed by atoms with E-state index < -0.39 is 0 Å². The molecule has 114 valence electrons. The predicted molar refractivity (Wildman–Crippen MR) is 88.1 cm³/mol. The fourth-order valence-electron chi connectivity index (χ4n) is 2.97. The zero-order valence-corrected chi connectivity index (χ0v) is 13.4. The highest BCUT2D eigenvalue weighted by Crippen LogP contribution is 2.11. The first-order chi connectivity index (χ1) is 9.70. The van der Waals surface area contributed by atoms with Gasteiger partial charge in [-0.3, -0.25) is 4.90 Å². The first-order valence-electron chi connectivity index (χ1n) is 7.29. The molecule has 0 saturated carbocycles. The number of hydrogen-bond donors (Lipinski definition) is 1. The van der Waals surface area contributed by atoms with Crippen LogP contribution in [-0.4, -0.2) is 39.9 Å². The molecule has 2 atom stereocenters. The Kier molecular flexibility index (Phi) is 5.39. The number of halogens is 1. The van der Waals surface area contributed by atoms with Gasteiger partial charge in [-0.15, -0.1) is 12.4 Å². The highest BCUT2D eigenvalue weighted by atomic mass is 35.5. The Balaban J connectivity index is 0.00000161. The molecule has 2 aromatic rings. The second-order valence-corrected chi connectivity index (χ2v) is 5.75. The molecule has 1 aromatic carbocycles. The van der Waals surface area contributed by atoms with Crippen LogP contribution in [0.1, 0.15) is 19.5 Å². The van der Waals surface area contributed by atoms with Crippen molar-refractivity contribution in [1.82, 2.24) is 20.0 Å². The zero-order chi connectivity index (χ0) is 13.9. The topological polar surface area (TPSA) is 33.1 Å². The number of aromatic nitrogens is 2. The minimum absolute atomic E-state index is 0. The molecule has 0 spiro atoms. The van der Waals surface area contributed by atoms with E-state index in [1.807, 2.05) is 29.1 Å². The Hall–Kier alpha value is -1.36. The summed E-state index contributed by atoms with van der Waals surface area (Å²) in [5.41, 5.74) is 2.25. The maximum atomic E-state index is 4.68. The molecule has 0 radical (unpaired) electrons. The van der Waals surface area contributed by atoms with Gasteiger partial charge >= 0.3 is 0 Å². The third kappa shape index (κ3) is 4.06. The minimum atomic E-state index is 0. The lowest BCUT2D eigenvalue weighted by Crippen LogP contribution is -2.53. The largest absolute Gasteiger partial charge is 0.309 e. The molecule has 5 heteroatoms. The summed E-state index contributed by atoms with van der Waals surface area (Å²) < 4.78 is 1.95.